The number of aryl methyl sites for hydroxylation is 1. The van der Waals surface area contributed by atoms with Crippen molar-refractivity contribution < 1.29 is 9.84 Å². The van der Waals surface area contributed by atoms with Crippen molar-refractivity contribution >= 4 is 11.6 Å². The number of aliphatic hydroxyl groups is 1. The Kier molecular flexibility index (Phi) is 4.35. The summed E-state index contributed by atoms with van der Waals surface area (Å²) in [5.41, 5.74) is 0.633. The summed E-state index contributed by atoms with van der Waals surface area (Å²) in [5.74, 6) is 0.603. The van der Waals surface area contributed by atoms with Crippen molar-refractivity contribution in [2.75, 3.05) is 7.11 Å². The maximum atomic E-state index is 10.8. The number of methoxy groups -OCH3 is 1. The number of hydrogen-bond acceptors (Lipinski definition) is 3. The maximum Gasteiger partial charge on any atom is 0.162 e. The molecular weight excluding hydrogens is 276 g/mol. The molecule has 0 saturated heterocycles. The van der Waals surface area contributed by atoms with Crippen molar-refractivity contribution in [2.24, 2.45) is 0 Å². The van der Waals surface area contributed by atoms with Crippen LogP contribution in [-0.4, -0.2) is 22.0 Å². The number of benzene rings is 1. The van der Waals surface area contributed by atoms with Crippen molar-refractivity contribution in [3.8, 4) is 5.75 Å². The molecular formula is C15H19ClN2O2. The number of aromatic nitrogens is 2. The van der Waals surface area contributed by atoms with Crippen LogP contribution in [-0.2, 0) is 18.6 Å². The molecule has 1 aromatic carbocycles. The fraction of sp³-hybridized carbons (Fsp3) is 0.400. The van der Waals surface area contributed by atoms with Gasteiger partial charge in [0.15, 0.2) is 5.75 Å². The highest BCUT2D eigenvalue weighted by Gasteiger charge is 2.31. The quantitative estimate of drug-likeness (QED) is 0.922. The summed E-state index contributed by atoms with van der Waals surface area (Å²) in [6, 6.07) is 7.47. The molecule has 1 atom stereocenters. The third kappa shape index (κ3) is 2.97. The van der Waals surface area contributed by atoms with Gasteiger partial charge in [-0.3, -0.25) is 4.68 Å². The second-order valence-corrected chi connectivity index (χ2v) is 5.39. The fourth-order valence-electron chi connectivity index (χ4n) is 2.38. The number of halogens is 1. The van der Waals surface area contributed by atoms with Crippen molar-refractivity contribution in [3.05, 3.63) is 46.7 Å². The largest absolute Gasteiger partial charge is 0.493 e. The van der Waals surface area contributed by atoms with Crippen LogP contribution in [0.5, 0.6) is 5.75 Å². The molecule has 4 nitrogen and oxygen atoms in total. The summed E-state index contributed by atoms with van der Waals surface area (Å²) < 4.78 is 7.07. The molecule has 1 heterocycles. The van der Waals surface area contributed by atoms with E-state index in [0.29, 0.717) is 29.4 Å². The summed E-state index contributed by atoms with van der Waals surface area (Å²) in [7, 11) is 1.58. The van der Waals surface area contributed by atoms with Crippen LogP contribution in [0.1, 0.15) is 25.1 Å². The van der Waals surface area contributed by atoms with E-state index in [0.717, 1.165) is 5.56 Å². The molecule has 0 bridgehead atoms. The Morgan fingerprint density at radius 3 is 2.55 bits per heavy atom. The van der Waals surface area contributed by atoms with Crippen LogP contribution in [0.15, 0.2) is 30.5 Å². The minimum Gasteiger partial charge on any atom is -0.493 e. The van der Waals surface area contributed by atoms with Crippen LogP contribution < -0.4 is 4.74 Å². The molecule has 0 saturated carbocycles. The topological polar surface area (TPSA) is 47.3 Å². The predicted octanol–water partition coefficient (Wildman–Crippen LogP) is 3.02. The molecule has 2 rings (SSSR count). The molecule has 2 aromatic rings. The third-order valence-electron chi connectivity index (χ3n) is 3.30. The maximum absolute atomic E-state index is 10.8. The summed E-state index contributed by atoms with van der Waals surface area (Å²) in [4.78, 5) is 0. The number of hydrogen-bond donors (Lipinski definition) is 1. The molecule has 0 aliphatic heterocycles. The van der Waals surface area contributed by atoms with Gasteiger partial charge in [0.05, 0.1) is 13.3 Å². The normalized spacial score (nSPS) is 14.1. The lowest BCUT2D eigenvalue weighted by Crippen LogP contribution is -2.28. The average molecular weight is 295 g/mol. The van der Waals surface area contributed by atoms with Gasteiger partial charge in [-0.05, 0) is 31.5 Å². The van der Waals surface area contributed by atoms with Crippen LogP contribution in [0.4, 0.5) is 0 Å². The molecule has 108 valence electrons. The van der Waals surface area contributed by atoms with E-state index >= 15 is 0 Å². The Morgan fingerprint density at radius 2 is 2.00 bits per heavy atom. The van der Waals surface area contributed by atoms with Gasteiger partial charge in [0.2, 0.25) is 0 Å². The van der Waals surface area contributed by atoms with Gasteiger partial charge in [-0.15, -0.1) is 0 Å². The SMILES string of the molecule is CCn1ncc(OC)c1C(C)(O)Cc1ccc(Cl)cc1. The molecule has 1 unspecified atom stereocenters. The summed E-state index contributed by atoms with van der Waals surface area (Å²) in [6.45, 7) is 4.43. The molecule has 20 heavy (non-hydrogen) atoms. The molecule has 0 aliphatic carbocycles. The zero-order valence-corrected chi connectivity index (χ0v) is 12.7. The van der Waals surface area contributed by atoms with Gasteiger partial charge in [-0.1, -0.05) is 23.7 Å². The Morgan fingerprint density at radius 1 is 1.35 bits per heavy atom. The highest BCUT2D eigenvalue weighted by molar-refractivity contribution is 6.30. The van der Waals surface area contributed by atoms with Crippen LogP contribution in [0.2, 0.25) is 5.02 Å². The van der Waals surface area contributed by atoms with Crippen molar-refractivity contribution in [3.63, 3.8) is 0 Å². The van der Waals surface area contributed by atoms with E-state index in [1.807, 2.05) is 31.2 Å². The first-order chi connectivity index (χ1) is 9.47. The highest BCUT2D eigenvalue weighted by atomic mass is 35.5. The zero-order valence-electron chi connectivity index (χ0n) is 11.9. The molecule has 5 heteroatoms. The van der Waals surface area contributed by atoms with E-state index in [4.69, 9.17) is 16.3 Å². The lowest BCUT2D eigenvalue weighted by molar-refractivity contribution is 0.0454. The van der Waals surface area contributed by atoms with Crippen LogP contribution in [0, 0.1) is 0 Å². The third-order valence-corrected chi connectivity index (χ3v) is 3.55. The van der Waals surface area contributed by atoms with E-state index in [2.05, 4.69) is 5.10 Å². The van der Waals surface area contributed by atoms with Crippen LogP contribution in [0.25, 0.3) is 0 Å². The van der Waals surface area contributed by atoms with E-state index < -0.39 is 5.60 Å². The number of nitrogens with zero attached hydrogens (tertiary/aromatic N) is 2. The first-order valence-electron chi connectivity index (χ1n) is 6.55. The van der Waals surface area contributed by atoms with Gasteiger partial charge in [0.1, 0.15) is 11.3 Å². The minimum absolute atomic E-state index is 0.465. The second-order valence-electron chi connectivity index (χ2n) is 4.95. The number of rotatable bonds is 5. The van der Waals surface area contributed by atoms with Crippen molar-refractivity contribution in [2.45, 2.75) is 32.4 Å². The molecule has 0 fully saturated rings. The van der Waals surface area contributed by atoms with Gasteiger partial charge < -0.3 is 9.84 Å². The lowest BCUT2D eigenvalue weighted by Gasteiger charge is -2.25. The Bertz CT molecular complexity index is 555. The Hall–Kier alpha value is -1.52. The second kappa shape index (κ2) is 5.85. The molecule has 0 amide bonds. The molecule has 0 spiro atoms. The smallest absolute Gasteiger partial charge is 0.162 e. The van der Waals surface area contributed by atoms with Gasteiger partial charge in [-0.2, -0.15) is 5.10 Å². The van der Waals surface area contributed by atoms with Crippen LogP contribution in [0.3, 0.4) is 0 Å². The van der Waals surface area contributed by atoms with Gasteiger partial charge in [0, 0.05) is 18.0 Å². The Labute approximate surface area is 123 Å². The lowest BCUT2D eigenvalue weighted by atomic mass is 9.92. The zero-order chi connectivity index (χ0) is 14.8. The standard InChI is InChI=1S/C15H19ClN2O2/c1-4-18-14(13(20-3)10-17-18)15(2,19)9-11-5-7-12(16)8-6-11/h5-8,10,19H,4,9H2,1-3H3. The van der Waals surface area contributed by atoms with Gasteiger partial charge in [-0.25, -0.2) is 0 Å². The Balaban J connectivity index is 2.34. The van der Waals surface area contributed by atoms with Gasteiger partial charge >= 0.3 is 0 Å². The van der Waals surface area contributed by atoms with E-state index in [1.54, 1.807) is 24.9 Å². The minimum atomic E-state index is -1.06. The first-order valence-corrected chi connectivity index (χ1v) is 6.93. The number of ether oxygens (including phenoxy) is 1. The summed E-state index contributed by atoms with van der Waals surface area (Å²) in [6.07, 6.45) is 2.10. The van der Waals surface area contributed by atoms with E-state index in [9.17, 15) is 5.11 Å². The molecule has 0 aliphatic rings. The predicted molar refractivity (Wildman–Crippen MR) is 79.2 cm³/mol. The first kappa shape index (κ1) is 14.9. The highest BCUT2D eigenvalue weighted by Crippen LogP contribution is 2.32. The summed E-state index contributed by atoms with van der Waals surface area (Å²) >= 11 is 5.88. The van der Waals surface area contributed by atoms with Crippen molar-refractivity contribution in [1.29, 1.82) is 0 Å². The van der Waals surface area contributed by atoms with E-state index in [1.165, 1.54) is 0 Å². The molecule has 0 radical (unpaired) electrons. The van der Waals surface area contributed by atoms with Crippen molar-refractivity contribution in [1.82, 2.24) is 9.78 Å². The fourth-order valence-corrected chi connectivity index (χ4v) is 2.51. The average Bonchev–Trinajstić information content (AvgIpc) is 2.85. The summed E-state index contributed by atoms with van der Waals surface area (Å²) in [5, 5.41) is 15.8. The molecule has 1 N–H and O–H groups in total. The monoisotopic (exact) mass is 294 g/mol. The molecule has 1 aromatic heterocycles. The van der Waals surface area contributed by atoms with Crippen LogP contribution >= 0.6 is 11.6 Å². The van der Waals surface area contributed by atoms with E-state index in [-0.39, 0.29) is 0 Å². The van der Waals surface area contributed by atoms with Gasteiger partial charge in [0.25, 0.3) is 0 Å².